The van der Waals surface area contributed by atoms with Gasteiger partial charge in [0.15, 0.2) is 0 Å². The number of hydrogen-bond donors (Lipinski definition) is 0. The highest BCUT2D eigenvalue weighted by Gasteiger charge is 2.03. The second kappa shape index (κ2) is 5.11. The van der Waals surface area contributed by atoms with Crippen molar-refractivity contribution in [2.45, 2.75) is 26.4 Å². The van der Waals surface area contributed by atoms with E-state index in [0.717, 1.165) is 4.48 Å². The van der Waals surface area contributed by atoms with Gasteiger partial charge in [0.1, 0.15) is 0 Å². The van der Waals surface area contributed by atoms with Gasteiger partial charge in [-0.3, -0.25) is 9.36 Å². The third-order valence-electron chi connectivity index (χ3n) is 2.09. The lowest BCUT2D eigenvalue weighted by atomic mass is 10.4. The van der Waals surface area contributed by atoms with Gasteiger partial charge in [0.2, 0.25) is 0 Å². The molecule has 82 valence electrons. The molecule has 0 unspecified atom stereocenters. The number of allylic oxidation sites excluding steroid dienone is 1. The molecule has 1 heterocycles. The lowest BCUT2D eigenvalue weighted by Crippen LogP contribution is -2.38. The Hall–Kier alpha value is -1.10. The van der Waals surface area contributed by atoms with Crippen LogP contribution in [0.2, 0.25) is 0 Å². The molecule has 4 nitrogen and oxygen atoms in total. The third-order valence-corrected chi connectivity index (χ3v) is 2.48. The minimum absolute atomic E-state index is 0.265. The Bertz CT molecular complexity index is 473. The van der Waals surface area contributed by atoms with E-state index in [0.29, 0.717) is 19.5 Å². The van der Waals surface area contributed by atoms with Crippen molar-refractivity contribution in [3.8, 4) is 0 Å². The van der Waals surface area contributed by atoms with Gasteiger partial charge in [0.05, 0.1) is 0 Å². The molecule has 0 aliphatic rings. The lowest BCUT2D eigenvalue weighted by Gasteiger charge is -2.07. The summed E-state index contributed by atoms with van der Waals surface area (Å²) < 4.78 is 3.50. The van der Waals surface area contributed by atoms with Crippen LogP contribution in [0.3, 0.4) is 0 Å². The van der Waals surface area contributed by atoms with E-state index in [2.05, 4.69) is 22.5 Å². The molecule has 0 bridgehead atoms. The van der Waals surface area contributed by atoms with Crippen molar-refractivity contribution in [3.05, 3.63) is 44.2 Å². The molecule has 0 aliphatic carbocycles. The van der Waals surface area contributed by atoms with Crippen LogP contribution in [0.5, 0.6) is 0 Å². The number of halogens is 1. The monoisotopic (exact) mass is 272 g/mol. The molecule has 0 aromatic carbocycles. The molecule has 1 rings (SSSR count). The molecule has 0 amide bonds. The van der Waals surface area contributed by atoms with E-state index in [4.69, 9.17) is 0 Å². The van der Waals surface area contributed by atoms with Crippen molar-refractivity contribution in [1.29, 1.82) is 0 Å². The largest absolute Gasteiger partial charge is 0.330 e. The van der Waals surface area contributed by atoms with Gasteiger partial charge in [-0.05, 0) is 17.8 Å². The van der Waals surface area contributed by atoms with Gasteiger partial charge in [-0.1, -0.05) is 22.5 Å². The molecule has 0 radical (unpaired) electrons. The zero-order chi connectivity index (χ0) is 11.4. The van der Waals surface area contributed by atoms with Gasteiger partial charge >= 0.3 is 5.69 Å². The quantitative estimate of drug-likeness (QED) is 0.830. The van der Waals surface area contributed by atoms with Gasteiger partial charge in [0, 0.05) is 25.4 Å². The normalized spacial score (nSPS) is 10.3. The first-order chi connectivity index (χ1) is 7.06. The summed E-state index contributed by atoms with van der Waals surface area (Å²) in [4.78, 5) is 23.1. The minimum Gasteiger partial charge on any atom is -0.301 e. The minimum atomic E-state index is -0.265. The molecule has 15 heavy (non-hydrogen) atoms. The number of rotatable bonds is 4. The van der Waals surface area contributed by atoms with Crippen molar-refractivity contribution >= 4 is 15.9 Å². The van der Waals surface area contributed by atoms with Crippen molar-refractivity contribution in [3.63, 3.8) is 0 Å². The van der Waals surface area contributed by atoms with Gasteiger partial charge in [-0.25, -0.2) is 4.79 Å². The highest BCUT2D eigenvalue weighted by molar-refractivity contribution is 9.11. The van der Waals surface area contributed by atoms with Gasteiger partial charge in [0.25, 0.3) is 5.56 Å². The van der Waals surface area contributed by atoms with Crippen LogP contribution in [-0.2, 0) is 13.1 Å². The Labute approximate surface area is 96.0 Å². The van der Waals surface area contributed by atoms with Gasteiger partial charge < -0.3 is 4.57 Å². The molecule has 1 aromatic heterocycles. The Kier molecular flexibility index (Phi) is 4.08. The van der Waals surface area contributed by atoms with E-state index in [1.807, 2.05) is 6.92 Å². The van der Waals surface area contributed by atoms with Crippen LogP contribution >= 0.6 is 15.9 Å². The van der Waals surface area contributed by atoms with Crippen molar-refractivity contribution < 1.29 is 0 Å². The molecule has 0 fully saturated rings. The Balaban J connectivity index is 3.10. The summed E-state index contributed by atoms with van der Waals surface area (Å²) in [6.07, 6.45) is 2.09. The molecule has 0 saturated heterocycles. The predicted molar refractivity (Wildman–Crippen MR) is 63.3 cm³/mol. The van der Waals surface area contributed by atoms with Gasteiger partial charge in [-0.2, -0.15) is 0 Å². The molecule has 5 heteroatoms. The maximum absolute atomic E-state index is 11.7. The fraction of sp³-hybridized carbons (Fsp3) is 0.400. The molecule has 1 aromatic rings. The van der Waals surface area contributed by atoms with E-state index in [9.17, 15) is 9.59 Å². The van der Waals surface area contributed by atoms with Crippen LogP contribution in [0.25, 0.3) is 0 Å². The summed E-state index contributed by atoms with van der Waals surface area (Å²) in [7, 11) is 0. The molecule has 0 spiro atoms. The number of aromatic nitrogens is 2. The molecule has 0 aliphatic heterocycles. The van der Waals surface area contributed by atoms with E-state index in [-0.39, 0.29) is 11.2 Å². The summed E-state index contributed by atoms with van der Waals surface area (Å²) in [5, 5.41) is 0. The summed E-state index contributed by atoms with van der Waals surface area (Å²) in [5.41, 5.74) is -0.530. The standard InChI is InChI=1S/C10H13BrN2O2/c1-3-12-6-5-9(14)13(10(12)15)7-4-8(2)11/h5-6H,2-4,7H2,1H3. The third kappa shape index (κ3) is 2.92. The van der Waals surface area contributed by atoms with E-state index >= 15 is 0 Å². The van der Waals surface area contributed by atoms with Crippen LogP contribution in [0.15, 0.2) is 32.9 Å². The first-order valence-electron chi connectivity index (χ1n) is 4.69. The van der Waals surface area contributed by atoms with E-state index in [1.54, 1.807) is 0 Å². The molecular weight excluding hydrogens is 260 g/mol. The summed E-state index contributed by atoms with van der Waals surface area (Å²) >= 11 is 3.20. The van der Waals surface area contributed by atoms with Crippen LogP contribution in [0.1, 0.15) is 13.3 Å². The van der Waals surface area contributed by atoms with E-state index < -0.39 is 0 Å². The summed E-state index contributed by atoms with van der Waals surface area (Å²) in [6.45, 7) is 6.45. The maximum atomic E-state index is 11.7. The van der Waals surface area contributed by atoms with Crippen molar-refractivity contribution in [1.82, 2.24) is 9.13 Å². The molecule has 0 saturated carbocycles. The zero-order valence-electron chi connectivity index (χ0n) is 8.57. The average molecular weight is 273 g/mol. The highest BCUT2D eigenvalue weighted by atomic mass is 79.9. The van der Waals surface area contributed by atoms with Crippen molar-refractivity contribution in [2.75, 3.05) is 0 Å². The lowest BCUT2D eigenvalue weighted by molar-refractivity contribution is 0.568. The fourth-order valence-electron chi connectivity index (χ4n) is 1.24. The topological polar surface area (TPSA) is 44.0 Å². The smallest absolute Gasteiger partial charge is 0.301 e. The number of aryl methyl sites for hydroxylation is 1. The van der Waals surface area contributed by atoms with Crippen LogP contribution < -0.4 is 11.2 Å². The second-order valence-corrected chi connectivity index (χ2v) is 4.26. The average Bonchev–Trinajstić information content (AvgIpc) is 2.17. The molecular formula is C10H13BrN2O2. The van der Waals surface area contributed by atoms with Crippen LogP contribution in [0.4, 0.5) is 0 Å². The highest BCUT2D eigenvalue weighted by Crippen LogP contribution is 2.05. The Morgan fingerprint density at radius 1 is 1.53 bits per heavy atom. The Morgan fingerprint density at radius 2 is 2.20 bits per heavy atom. The van der Waals surface area contributed by atoms with Gasteiger partial charge in [-0.15, -0.1) is 0 Å². The molecule has 0 atom stereocenters. The SMILES string of the molecule is C=C(Br)CCn1c(=O)ccn(CC)c1=O. The predicted octanol–water partition coefficient (Wildman–Crippen LogP) is 1.33. The summed E-state index contributed by atoms with van der Waals surface area (Å²) in [6, 6.07) is 1.40. The number of nitrogens with zero attached hydrogens (tertiary/aromatic N) is 2. The Morgan fingerprint density at radius 3 is 2.73 bits per heavy atom. The zero-order valence-corrected chi connectivity index (χ0v) is 10.2. The summed E-state index contributed by atoms with van der Waals surface area (Å²) in [5.74, 6) is 0. The first kappa shape index (κ1) is 12.0. The van der Waals surface area contributed by atoms with Crippen LogP contribution in [0, 0.1) is 0 Å². The first-order valence-corrected chi connectivity index (χ1v) is 5.49. The second-order valence-electron chi connectivity index (χ2n) is 3.14. The number of hydrogen-bond acceptors (Lipinski definition) is 2. The van der Waals surface area contributed by atoms with Crippen molar-refractivity contribution in [2.24, 2.45) is 0 Å². The van der Waals surface area contributed by atoms with Crippen LogP contribution in [-0.4, -0.2) is 9.13 Å². The maximum Gasteiger partial charge on any atom is 0.330 e. The van der Waals surface area contributed by atoms with E-state index in [1.165, 1.54) is 21.4 Å². The molecule has 0 N–H and O–H groups in total. The fourth-order valence-corrected chi connectivity index (χ4v) is 1.41.